The van der Waals surface area contributed by atoms with Crippen LogP contribution in [0.1, 0.15) is 18.9 Å². The van der Waals surface area contributed by atoms with E-state index in [1.165, 1.54) is 7.11 Å². The number of benzene rings is 1. The molecular formula is C13H16O4. The zero-order valence-electron chi connectivity index (χ0n) is 10.0. The highest BCUT2D eigenvalue weighted by molar-refractivity contribution is 5.94. The summed E-state index contributed by atoms with van der Waals surface area (Å²) in [5, 5.41) is 0. The van der Waals surface area contributed by atoms with E-state index in [0.29, 0.717) is 6.42 Å². The normalized spacial score (nSPS) is 11.6. The minimum atomic E-state index is -0.830. The predicted octanol–water partition coefficient (Wildman–Crippen LogP) is 1.93. The van der Waals surface area contributed by atoms with E-state index < -0.39 is 17.9 Å². The lowest BCUT2D eigenvalue weighted by molar-refractivity contribution is -0.161. The van der Waals surface area contributed by atoms with Gasteiger partial charge in [-0.1, -0.05) is 37.3 Å². The Bertz CT molecular complexity index is 372. The first-order valence-corrected chi connectivity index (χ1v) is 5.47. The summed E-state index contributed by atoms with van der Waals surface area (Å²) in [5.41, 5.74) is 0.889. The molecule has 0 spiro atoms. The second-order valence-corrected chi connectivity index (χ2v) is 3.58. The summed E-state index contributed by atoms with van der Waals surface area (Å²) in [5.74, 6) is -1.92. The number of carbonyl (C=O) groups is 2. The summed E-state index contributed by atoms with van der Waals surface area (Å²) in [6.45, 7) is 1.92. The highest BCUT2D eigenvalue weighted by atomic mass is 16.5. The summed E-state index contributed by atoms with van der Waals surface area (Å²) in [4.78, 5) is 22.9. The lowest BCUT2D eigenvalue weighted by Crippen LogP contribution is -2.26. The van der Waals surface area contributed by atoms with Gasteiger partial charge in [-0.15, -0.1) is 0 Å². The molecule has 0 aliphatic rings. The maximum Gasteiger partial charge on any atom is 0.320 e. The molecule has 0 aliphatic carbocycles. The van der Waals surface area contributed by atoms with Gasteiger partial charge in [0.2, 0.25) is 0 Å². The first kappa shape index (κ1) is 13.2. The Balaban J connectivity index is 2.51. The van der Waals surface area contributed by atoms with Crippen LogP contribution in [0.3, 0.4) is 0 Å². The van der Waals surface area contributed by atoms with Gasteiger partial charge in [0.1, 0.15) is 6.61 Å². The molecule has 17 heavy (non-hydrogen) atoms. The Morgan fingerprint density at radius 2 is 1.82 bits per heavy atom. The highest BCUT2D eigenvalue weighted by Crippen LogP contribution is 2.09. The number of methoxy groups -OCH3 is 1. The standard InChI is InChI=1S/C13H16O4/c1-3-11(12(14)16-2)13(15)17-9-10-7-5-4-6-8-10/h4-8,11H,3,9H2,1-2H3. The molecule has 1 aromatic carbocycles. The molecule has 4 nitrogen and oxygen atoms in total. The molecule has 0 amide bonds. The van der Waals surface area contributed by atoms with Crippen molar-refractivity contribution < 1.29 is 19.1 Å². The summed E-state index contributed by atoms with van der Waals surface area (Å²) < 4.78 is 9.60. The maximum atomic E-state index is 11.6. The molecule has 0 saturated heterocycles. The van der Waals surface area contributed by atoms with Crippen molar-refractivity contribution in [2.24, 2.45) is 5.92 Å². The predicted molar refractivity (Wildman–Crippen MR) is 62.0 cm³/mol. The SMILES string of the molecule is CCC(C(=O)OC)C(=O)OCc1ccccc1. The van der Waals surface area contributed by atoms with Crippen LogP contribution in [-0.4, -0.2) is 19.0 Å². The van der Waals surface area contributed by atoms with E-state index in [4.69, 9.17) is 4.74 Å². The van der Waals surface area contributed by atoms with E-state index in [9.17, 15) is 9.59 Å². The van der Waals surface area contributed by atoms with Crippen LogP contribution in [-0.2, 0) is 25.7 Å². The Morgan fingerprint density at radius 1 is 1.18 bits per heavy atom. The molecule has 0 radical (unpaired) electrons. The van der Waals surface area contributed by atoms with E-state index in [1.807, 2.05) is 30.3 Å². The van der Waals surface area contributed by atoms with Crippen molar-refractivity contribution in [2.45, 2.75) is 20.0 Å². The fourth-order valence-corrected chi connectivity index (χ4v) is 1.40. The first-order chi connectivity index (χ1) is 8.19. The van der Waals surface area contributed by atoms with Crippen LogP contribution in [0.2, 0.25) is 0 Å². The third-order valence-corrected chi connectivity index (χ3v) is 2.40. The zero-order chi connectivity index (χ0) is 12.7. The topological polar surface area (TPSA) is 52.6 Å². The van der Waals surface area contributed by atoms with Gasteiger partial charge in [0.05, 0.1) is 7.11 Å². The molecule has 0 saturated carbocycles. The molecule has 0 aliphatic heterocycles. The average Bonchev–Trinajstić information content (AvgIpc) is 2.38. The molecule has 1 unspecified atom stereocenters. The number of hydrogen-bond donors (Lipinski definition) is 0. The number of rotatable bonds is 5. The Labute approximate surface area is 101 Å². The Morgan fingerprint density at radius 3 is 2.35 bits per heavy atom. The monoisotopic (exact) mass is 236 g/mol. The van der Waals surface area contributed by atoms with Crippen LogP contribution in [0.4, 0.5) is 0 Å². The van der Waals surface area contributed by atoms with Gasteiger partial charge < -0.3 is 9.47 Å². The molecule has 4 heteroatoms. The molecule has 0 aromatic heterocycles. The number of carbonyl (C=O) groups excluding carboxylic acids is 2. The van der Waals surface area contributed by atoms with Gasteiger partial charge in [0.15, 0.2) is 5.92 Å². The fraction of sp³-hybridized carbons (Fsp3) is 0.385. The van der Waals surface area contributed by atoms with Gasteiger partial charge in [0, 0.05) is 0 Å². The zero-order valence-corrected chi connectivity index (χ0v) is 10.0. The van der Waals surface area contributed by atoms with Crippen LogP contribution in [0.15, 0.2) is 30.3 Å². The van der Waals surface area contributed by atoms with Crippen molar-refractivity contribution in [3.8, 4) is 0 Å². The van der Waals surface area contributed by atoms with Crippen LogP contribution in [0.5, 0.6) is 0 Å². The summed E-state index contributed by atoms with van der Waals surface area (Å²) >= 11 is 0. The first-order valence-electron chi connectivity index (χ1n) is 5.47. The van der Waals surface area contributed by atoms with E-state index >= 15 is 0 Å². The quantitative estimate of drug-likeness (QED) is 0.579. The molecule has 1 atom stereocenters. The minimum Gasteiger partial charge on any atom is -0.468 e. The molecule has 92 valence electrons. The number of hydrogen-bond acceptors (Lipinski definition) is 4. The van der Waals surface area contributed by atoms with Crippen molar-refractivity contribution >= 4 is 11.9 Å². The van der Waals surface area contributed by atoms with E-state index in [-0.39, 0.29) is 6.61 Å². The molecule has 0 N–H and O–H groups in total. The Hall–Kier alpha value is -1.84. The largest absolute Gasteiger partial charge is 0.468 e. The van der Waals surface area contributed by atoms with Crippen LogP contribution >= 0.6 is 0 Å². The average molecular weight is 236 g/mol. The van der Waals surface area contributed by atoms with E-state index in [0.717, 1.165) is 5.56 Å². The van der Waals surface area contributed by atoms with Crippen molar-refractivity contribution in [3.05, 3.63) is 35.9 Å². The second kappa shape index (κ2) is 6.68. The van der Waals surface area contributed by atoms with Crippen LogP contribution in [0, 0.1) is 5.92 Å². The van der Waals surface area contributed by atoms with Gasteiger partial charge >= 0.3 is 11.9 Å². The molecule has 1 rings (SSSR count). The van der Waals surface area contributed by atoms with Crippen molar-refractivity contribution in [1.29, 1.82) is 0 Å². The lowest BCUT2D eigenvalue weighted by atomic mass is 10.1. The third-order valence-electron chi connectivity index (χ3n) is 2.40. The van der Waals surface area contributed by atoms with Gasteiger partial charge in [-0.05, 0) is 12.0 Å². The van der Waals surface area contributed by atoms with Gasteiger partial charge in [0.25, 0.3) is 0 Å². The number of ether oxygens (including phenoxy) is 2. The van der Waals surface area contributed by atoms with Gasteiger partial charge in [-0.3, -0.25) is 9.59 Å². The summed E-state index contributed by atoms with van der Waals surface area (Å²) in [6.07, 6.45) is 0.375. The highest BCUT2D eigenvalue weighted by Gasteiger charge is 2.26. The van der Waals surface area contributed by atoms with Crippen LogP contribution in [0.25, 0.3) is 0 Å². The molecule has 0 heterocycles. The van der Waals surface area contributed by atoms with Gasteiger partial charge in [-0.25, -0.2) is 0 Å². The van der Waals surface area contributed by atoms with Crippen LogP contribution < -0.4 is 0 Å². The number of esters is 2. The minimum absolute atomic E-state index is 0.174. The van der Waals surface area contributed by atoms with E-state index in [1.54, 1.807) is 6.92 Å². The van der Waals surface area contributed by atoms with Crippen molar-refractivity contribution in [1.82, 2.24) is 0 Å². The lowest BCUT2D eigenvalue weighted by Gasteiger charge is -2.11. The smallest absolute Gasteiger partial charge is 0.320 e. The molecular weight excluding hydrogens is 220 g/mol. The summed E-state index contributed by atoms with van der Waals surface area (Å²) in [7, 11) is 1.26. The van der Waals surface area contributed by atoms with Crippen molar-refractivity contribution in [2.75, 3.05) is 7.11 Å². The maximum absolute atomic E-state index is 11.6. The Kier molecular flexibility index (Phi) is 5.20. The molecule has 0 fully saturated rings. The van der Waals surface area contributed by atoms with E-state index in [2.05, 4.69) is 4.74 Å². The fourth-order valence-electron chi connectivity index (χ4n) is 1.40. The molecule has 1 aromatic rings. The van der Waals surface area contributed by atoms with Gasteiger partial charge in [-0.2, -0.15) is 0 Å². The second-order valence-electron chi connectivity index (χ2n) is 3.58. The van der Waals surface area contributed by atoms with Crippen molar-refractivity contribution in [3.63, 3.8) is 0 Å². The third kappa shape index (κ3) is 3.90. The summed E-state index contributed by atoms with van der Waals surface area (Å²) in [6, 6.07) is 9.31. The molecule has 0 bridgehead atoms.